The SMILES string of the molecule is Cc1ccc(CN(C)C2CC(C(=O)O)C2)cc1C. The first-order valence-corrected chi connectivity index (χ1v) is 6.46. The molecule has 2 rings (SSSR count). The first kappa shape index (κ1) is 13.1. The molecule has 1 aliphatic rings. The molecule has 18 heavy (non-hydrogen) atoms. The van der Waals surface area contributed by atoms with Crippen LogP contribution >= 0.6 is 0 Å². The number of carbonyl (C=O) groups is 1. The van der Waals surface area contributed by atoms with Crippen LogP contribution in [0.2, 0.25) is 0 Å². The second-order valence-electron chi connectivity index (χ2n) is 5.49. The molecule has 1 aliphatic carbocycles. The van der Waals surface area contributed by atoms with Gasteiger partial charge in [0, 0.05) is 12.6 Å². The Morgan fingerprint density at radius 1 is 1.33 bits per heavy atom. The van der Waals surface area contributed by atoms with Gasteiger partial charge in [-0.05, 0) is 50.4 Å². The Bertz CT molecular complexity index is 450. The second kappa shape index (κ2) is 5.11. The first-order valence-electron chi connectivity index (χ1n) is 6.46. The molecule has 3 nitrogen and oxygen atoms in total. The summed E-state index contributed by atoms with van der Waals surface area (Å²) in [6.07, 6.45) is 1.58. The third-order valence-corrected chi connectivity index (χ3v) is 4.09. The number of carboxylic acids is 1. The number of aryl methyl sites for hydroxylation is 2. The molecule has 0 radical (unpaired) electrons. The Kier molecular flexibility index (Phi) is 3.71. The van der Waals surface area contributed by atoms with Crippen molar-refractivity contribution in [3.05, 3.63) is 34.9 Å². The predicted molar refractivity (Wildman–Crippen MR) is 71.5 cm³/mol. The van der Waals surface area contributed by atoms with Gasteiger partial charge in [-0.3, -0.25) is 9.69 Å². The van der Waals surface area contributed by atoms with Crippen molar-refractivity contribution in [3.63, 3.8) is 0 Å². The van der Waals surface area contributed by atoms with Gasteiger partial charge in [-0.25, -0.2) is 0 Å². The Morgan fingerprint density at radius 2 is 2.00 bits per heavy atom. The lowest BCUT2D eigenvalue weighted by Gasteiger charge is -2.39. The molecule has 0 unspecified atom stereocenters. The van der Waals surface area contributed by atoms with Gasteiger partial charge in [0.2, 0.25) is 0 Å². The van der Waals surface area contributed by atoms with E-state index >= 15 is 0 Å². The van der Waals surface area contributed by atoms with E-state index in [0.29, 0.717) is 6.04 Å². The van der Waals surface area contributed by atoms with E-state index in [4.69, 9.17) is 5.11 Å². The van der Waals surface area contributed by atoms with Gasteiger partial charge in [-0.2, -0.15) is 0 Å². The van der Waals surface area contributed by atoms with Crippen LogP contribution in [0.15, 0.2) is 18.2 Å². The van der Waals surface area contributed by atoms with Gasteiger partial charge in [0.05, 0.1) is 5.92 Å². The van der Waals surface area contributed by atoms with Crippen molar-refractivity contribution in [1.29, 1.82) is 0 Å². The molecule has 3 heteroatoms. The van der Waals surface area contributed by atoms with Gasteiger partial charge < -0.3 is 5.11 Å². The molecular formula is C15H21NO2. The lowest BCUT2D eigenvalue weighted by atomic mass is 9.79. The smallest absolute Gasteiger partial charge is 0.306 e. The van der Waals surface area contributed by atoms with Gasteiger partial charge in [0.15, 0.2) is 0 Å². The van der Waals surface area contributed by atoms with E-state index in [1.807, 2.05) is 0 Å². The number of nitrogens with zero attached hydrogens (tertiary/aromatic N) is 1. The molecule has 1 fully saturated rings. The van der Waals surface area contributed by atoms with Crippen molar-refractivity contribution in [2.75, 3.05) is 7.05 Å². The van der Waals surface area contributed by atoms with Crippen molar-refractivity contribution in [1.82, 2.24) is 4.90 Å². The molecule has 1 N–H and O–H groups in total. The number of hydrogen-bond donors (Lipinski definition) is 1. The van der Waals surface area contributed by atoms with Crippen molar-refractivity contribution >= 4 is 5.97 Å². The van der Waals surface area contributed by atoms with Crippen LogP contribution in [-0.4, -0.2) is 29.1 Å². The highest BCUT2D eigenvalue weighted by Crippen LogP contribution is 2.32. The number of benzene rings is 1. The quantitative estimate of drug-likeness (QED) is 0.889. The predicted octanol–water partition coefficient (Wildman–Crippen LogP) is 2.60. The summed E-state index contributed by atoms with van der Waals surface area (Å²) in [5, 5.41) is 8.87. The highest BCUT2D eigenvalue weighted by molar-refractivity contribution is 5.71. The molecule has 0 amide bonds. The zero-order valence-corrected chi connectivity index (χ0v) is 11.3. The van der Waals surface area contributed by atoms with E-state index in [1.54, 1.807) is 0 Å². The average molecular weight is 247 g/mol. The lowest BCUT2D eigenvalue weighted by molar-refractivity contribution is -0.146. The summed E-state index contributed by atoms with van der Waals surface area (Å²) in [7, 11) is 2.08. The van der Waals surface area contributed by atoms with Gasteiger partial charge in [-0.15, -0.1) is 0 Å². The molecule has 0 spiro atoms. The molecule has 0 bridgehead atoms. The minimum absolute atomic E-state index is 0.128. The Balaban J connectivity index is 1.90. The highest BCUT2D eigenvalue weighted by atomic mass is 16.4. The number of aliphatic carboxylic acids is 1. The van der Waals surface area contributed by atoms with Crippen molar-refractivity contribution in [3.8, 4) is 0 Å². The molecule has 1 aromatic rings. The summed E-state index contributed by atoms with van der Waals surface area (Å²) >= 11 is 0. The molecule has 0 aliphatic heterocycles. The highest BCUT2D eigenvalue weighted by Gasteiger charge is 2.36. The maximum Gasteiger partial charge on any atom is 0.306 e. The molecule has 98 valence electrons. The van der Waals surface area contributed by atoms with Crippen LogP contribution in [0.4, 0.5) is 0 Å². The van der Waals surface area contributed by atoms with E-state index < -0.39 is 5.97 Å². The van der Waals surface area contributed by atoms with Crippen LogP contribution in [0.3, 0.4) is 0 Å². The minimum Gasteiger partial charge on any atom is -0.481 e. The monoisotopic (exact) mass is 247 g/mol. The van der Waals surface area contributed by atoms with Gasteiger partial charge in [0.1, 0.15) is 0 Å². The van der Waals surface area contributed by atoms with Crippen LogP contribution in [-0.2, 0) is 11.3 Å². The van der Waals surface area contributed by atoms with Crippen LogP contribution in [0.5, 0.6) is 0 Å². The van der Waals surface area contributed by atoms with Crippen molar-refractivity contribution in [2.24, 2.45) is 5.92 Å². The largest absolute Gasteiger partial charge is 0.481 e. The van der Waals surface area contributed by atoms with Crippen LogP contribution < -0.4 is 0 Å². The van der Waals surface area contributed by atoms with E-state index in [-0.39, 0.29) is 5.92 Å². The maximum absolute atomic E-state index is 10.8. The number of carboxylic acid groups (broad SMARTS) is 1. The van der Waals surface area contributed by atoms with Gasteiger partial charge in [-0.1, -0.05) is 18.2 Å². The van der Waals surface area contributed by atoms with E-state index in [9.17, 15) is 4.79 Å². The number of hydrogen-bond acceptors (Lipinski definition) is 2. The maximum atomic E-state index is 10.8. The van der Waals surface area contributed by atoms with Crippen molar-refractivity contribution in [2.45, 2.75) is 39.3 Å². The fourth-order valence-electron chi connectivity index (χ4n) is 2.47. The molecule has 0 atom stereocenters. The summed E-state index contributed by atoms with van der Waals surface area (Å²) in [6.45, 7) is 5.15. The molecule has 0 aromatic heterocycles. The van der Waals surface area contributed by atoms with Crippen molar-refractivity contribution < 1.29 is 9.90 Å². The Labute approximate surface area is 108 Å². The average Bonchev–Trinajstić information content (AvgIpc) is 2.20. The third kappa shape index (κ3) is 2.72. The Morgan fingerprint density at radius 3 is 2.56 bits per heavy atom. The summed E-state index contributed by atoms with van der Waals surface area (Å²) in [5.41, 5.74) is 3.94. The van der Waals surface area contributed by atoms with Gasteiger partial charge >= 0.3 is 5.97 Å². The summed E-state index contributed by atoms with van der Waals surface area (Å²) in [5.74, 6) is -0.775. The zero-order chi connectivity index (χ0) is 13.3. The summed E-state index contributed by atoms with van der Waals surface area (Å²) in [4.78, 5) is 13.0. The Hall–Kier alpha value is -1.35. The molecule has 1 saturated carbocycles. The lowest BCUT2D eigenvalue weighted by Crippen LogP contribution is -2.44. The summed E-state index contributed by atoms with van der Waals surface area (Å²) in [6, 6.07) is 6.96. The van der Waals surface area contributed by atoms with E-state index in [2.05, 4.69) is 44.0 Å². The van der Waals surface area contributed by atoms with E-state index in [1.165, 1.54) is 16.7 Å². The summed E-state index contributed by atoms with van der Waals surface area (Å²) < 4.78 is 0. The van der Waals surface area contributed by atoms with Gasteiger partial charge in [0.25, 0.3) is 0 Å². The molecule has 1 aromatic carbocycles. The van der Waals surface area contributed by atoms with Crippen LogP contribution in [0.1, 0.15) is 29.5 Å². The van der Waals surface area contributed by atoms with Crippen LogP contribution in [0, 0.1) is 19.8 Å². The van der Waals surface area contributed by atoms with E-state index in [0.717, 1.165) is 19.4 Å². The van der Waals surface area contributed by atoms with Crippen LogP contribution in [0.25, 0.3) is 0 Å². The first-order chi connectivity index (χ1) is 8.47. The second-order valence-corrected chi connectivity index (χ2v) is 5.49. The third-order valence-electron chi connectivity index (χ3n) is 4.09. The normalized spacial score (nSPS) is 22.9. The fraction of sp³-hybridized carbons (Fsp3) is 0.533. The molecule has 0 heterocycles. The zero-order valence-electron chi connectivity index (χ0n) is 11.3. The number of rotatable bonds is 4. The standard InChI is InChI=1S/C15H21NO2/c1-10-4-5-12(6-11(10)2)9-16(3)14-7-13(8-14)15(17)18/h4-6,13-14H,7-9H2,1-3H3,(H,17,18). The topological polar surface area (TPSA) is 40.5 Å². The molecular weight excluding hydrogens is 226 g/mol. The minimum atomic E-state index is -0.647. The fourth-order valence-corrected chi connectivity index (χ4v) is 2.47. The molecule has 0 saturated heterocycles.